The molecule has 3 aliphatic rings. The number of nitrogens with zero attached hydrogens (tertiary/aromatic N) is 5. The number of nitriles is 1. The van der Waals surface area contributed by atoms with Crippen molar-refractivity contribution in [3.05, 3.63) is 64.7 Å². The van der Waals surface area contributed by atoms with E-state index >= 15 is 4.39 Å². The van der Waals surface area contributed by atoms with Gasteiger partial charge in [-0.05, 0) is 36.8 Å². The third kappa shape index (κ3) is 4.93. The molecule has 3 N–H and O–H groups in total. The highest BCUT2D eigenvalue weighted by Gasteiger charge is 2.44. The van der Waals surface area contributed by atoms with Crippen LogP contribution in [0, 0.1) is 17.1 Å². The first-order valence-electron chi connectivity index (χ1n) is 12.0. The Balaban J connectivity index is 1.30. The van der Waals surface area contributed by atoms with Crippen molar-refractivity contribution in [3.8, 4) is 11.8 Å². The molecule has 6 rings (SSSR count). The Morgan fingerprint density at radius 3 is 2.79 bits per heavy atom. The summed E-state index contributed by atoms with van der Waals surface area (Å²) in [7, 11) is 1.43. The number of methoxy groups -OCH3 is 1. The summed E-state index contributed by atoms with van der Waals surface area (Å²) in [6.45, 7) is 2.19. The summed E-state index contributed by atoms with van der Waals surface area (Å²) < 4.78 is 20.3. The second kappa shape index (κ2) is 10.8. The summed E-state index contributed by atoms with van der Waals surface area (Å²) in [5.41, 5.74) is 1.19. The molecule has 3 aliphatic heterocycles. The van der Waals surface area contributed by atoms with E-state index in [1.54, 1.807) is 30.3 Å². The van der Waals surface area contributed by atoms with Crippen LogP contribution in [0.1, 0.15) is 22.5 Å². The lowest BCUT2D eigenvalue weighted by Gasteiger charge is -2.57. The topological polar surface area (TPSA) is 127 Å². The van der Waals surface area contributed by atoms with Gasteiger partial charge in [0.25, 0.3) is 5.91 Å². The summed E-state index contributed by atoms with van der Waals surface area (Å²) in [5, 5.41) is 24.2. The minimum absolute atomic E-state index is 0.00175. The number of piperazine rings is 1. The third-order valence-electron chi connectivity index (χ3n) is 6.81. The Labute approximate surface area is 223 Å². The van der Waals surface area contributed by atoms with Gasteiger partial charge in [-0.1, -0.05) is 17.7 Å². The maximum absolute atomic E-state index is 15.1. The standard InChI is InChI=1S/C26H25ClFN7O3/c1-38-22-4-2-3-15(11-29)23(22)32-25(37)24-19(27)12-30-26(33-24)31-16-5-6-21(20(28)9-16)34-13-17-10-18(14-34)35(17)7-8-36/h2-6,9,12,17-18,36H,7-8,10,13-14H2,1H3,(H,32,37)(H,30,31,33). The number of hydrogen-bond donors (Lipinski definition) is 3. The number of nitrogens with one attached hydrogen (secondary N) is 2. The summed E-state index contributed by atoms with van der Waals surface area (Å²) in [4.78, 5) is 25.6. The molecule has 196 valence electrons. The van der Waals surface area contributed by atoms with Crippen molar-refractivity contribution >= 4 is 40.5 Å². The van der Waals surface area contributed by atoms with Crippen LogP contribution in [0.2, 0.25) is 5.02 Å². The first-order valence-corrected chi connectivity index (χ1v) is 12.4. The molecule has 0 aliphatic carbocycles. The van der Waals surface area contributed by atoms with Gasteiger partial charge in [-0.3, -0.25) is 9.69 Å². The number of anilines is 4. The molecule has 0 radical (unpaired) electrons. The summed E-state index contributed by atoms with van der Waals surface area (Å²) in [6.07, 6.45) is 2.33. The van der Waals surface area contributed by atoms with Crippen LogP contribution in [0.15, 0.2) is 42.6 Å². The molecule has 12 heteroatoms. The Kier molecular flexibility index (Phi) is 7.28. The number of aromatic nitrogens is 2. The number of carbonyl (C=O) groups is 1. The van der Waals surface area contributed by atoms with Gasteiger partial charge in [0.05, 0.1) is 36.2 Å². The number of aliphatic hydroxyl groups excluding tert-OH is 1. The number of amides is 1. The zero-order valence-corrected chi connectivity index (χ0v) is 21.2. The fourth-order valence-corrected chi connectivity index (χ4v) is 5.19. The highest BCUT2D eigenvalue weighted by atomic mass is 35.5. The number of aliphatic hydroxyl groups is 1. The maximum atomic E-state index is 15.1. The lowest BCUT2D eigenvalue weighted by molar-refractivity contribution is -0.0123. The van der Waals surface area contributed by atoms with Gasteiger partial charge in [-0.25, -0.2) is 14.4 Å². The van der Waals surface area contributed by atoms with Crippen LogP contribution in [0.3, 0.4) is 0 Å². The average molecular weight is 538 g/mol. The molecule has 2 atom stereocenters. The molecule has 0 spiro atoms. The van der Waals surface area contributed by atoms with Gasteiger partial charge in [0, 0.05) is 37.4 Å². The number of para-hydroxylation sites is 1. The van der Waals surface area contributed by atoms with Crippen molar-refractivity contribution < 1.29 is 19.0 Å². The lowest BCUT2D eigenvalue weighted by Crippen LogP contribution is -2.69. The zero-order valence-electron chi connectivity index (χ0n) is 20.5. The third-order valence-corrected chi connectivity index (χ3v) is 7.09. The van der Waals surface area contributed by atoms with E-state index in [4.69, 9.17) is 16.3 Å². The number of piperidine rings is 1. The Morgan fingerprint density at radius 1 is 1.32 bits per heavy atom. The summed E-state index contributed by atoms with van der Waals surface area (Å²) >= 11 is 6.19. The normalized spacial score (nSPS) is 18.3. The average Bonchev–Trinajstić information content (AvgIpc) is 2.92. The molecule has 1 aromatic heterocycles. The van der Waals surface area contributed by atoms with E-state index in [1.165, 1.54) is 19.4 Å². The highest BCUT2D eigenvalue weighted by molar-refractivity contribution is 6.34. The SMILES string of the molecule is COc1cccc(C#N)c1NC(=O)c1nc(Nc2ccc(N3CC4CC(C3)N4CCO)c(F)c2)ncc1Cl. The number of fused-ring (bicyclic) bond motifs is 2. The molecule has 3 saturated heterocycles. The molecule has 1 amide bonds. The molecule has 2 aromatic carbocycles. The number of carbonyl (C=O) groups excluding carboxylic acids is 1. The fourth-order valence-electron chi connectivity index (χ4n) is 5.02. The van der Waals surface area contributed by atoms with E-state index < -0.39 is 11.7 Å². The van der Waals surface area contributed by atoms with E-state index in [2.05, 4.69) is 25.5 Å². The minimum Gasteiger partial charge on any atom is -0.495 e. The molecule has 0 saturated carbocycles. The van der Waals surface area contributed by atoms with Gasteiger partial charge in [0.15, 0.2) is 5.69 Å². The smallest absolute Gasteiger partial charge is 0.276 e. The molecule has 4 heterocycles. The van der Waals surface area contributed by atoms with Crippen molar-refractivity contribution in [2.75, 3.05) is 48.9 Å². The first kappa shape index (κ1) is 25.7. The molecule has 3 fully saturated rings. The molecular weight excluding hydrogens is 513 g/mol. The van der Waals surface area contributed by atoms with Crippen molar-refractivity contribution in [2.24, 2.45) is 0 Å². The molecule has 2 bridgehead atoms. The molecule has 2 unspecified atom stereocenters. The zero-order chi connectivity index (χ0) is 26.8. The Hall–Kier alpha value is -3.98. The van der Waals surface area contributed by atoms with Crippen LogP contribution in [0.4, 0.5) is 27.4 Å². The number of rotatable bonds is 8. The van der Waals surface area contributed by atoms with Crippen LogP contribution in [-0.2, 0) is 0 Å². The van der Waals surface area contributed by atoms with Gasteiger partial charge in [-0.2, -0.15) is 5.26 Å². The van der Waals surface area contributed by atoms with Gasteiger partial charge in [0.1, 0.15) is 23.3 Å². The lowest BCUT2D eigenvalue weighted by atomic mass is 9.87. The van der Waals surface area contributed by atoms with Crippen LogP contribution in [0.25, 0.3) is 0 Å². The van der Waals surface area contributed by atoms with Crippen LogP contribution >= 0.6 is 11.6 Å². The van der Waals surface area contributed by atoms with E-state index in [1.807, 2.05) is 11.0 Å². The van der Waals surface area contributed by atoms with E-state index in [9.17, 15) is 15.2 Å². The van der Waals surface area contributed by atoms with Crippen molar-refractivity contribution in [3.63, 3.8) is 0 Å². The van der Waals surface area contributed by atoms with Crippen LogP contribution in [-0.4, -0.2) is 71.3 Å². The molecule has 38 heavy (non-hydrogen) atoms. The number of ether oxygens (including phenoxy) is 1. The minimum atomic E-state index is -0.665. The maximum Gasteiger partial charge on any atom is 0.276 e. The quantitative estimate of drug-likeness (QED) is 0.396. The predicted molar refractivity (Wildman–Crippen MR) is 141 cm³/mol. The van der Waals surface area contributed by atoms with Gasteiger partial charge >= 0.3 is 0 Å². The molecular formula is C26H25ClFN7O3. The fraction of sp³-hybridized carbons (Fsp3) is 0.308. The van der Waals surface area contributed by atoms with Crippen LogP contribution in [0.5, 0.6) is 5.75 Å². The van der Waals surface area contributed by atoms with Crippen molar-refractivity contribution in [1.82, 2.24) is 14.9 Å². The van der Waals surface area contributed by atoms with E-state index in [0.29, 0.717) is 48.8 Å². The van der Waals surface area contributed by atoms with Crippen molar-refractivity contribution in [1.29, 1.82) is 5.26 Å². The Morgan fingerprint density at radius 2 is 2.11 bits per heavy atom. The highest BCUT2D eigenvalue weighted by Crippen LogP contribution is 2.36. The van der Waals surface area contributed by atoms with Crippen LogP contribution < -0.4 is 20.3 Å². The van der Waals surface area contributed by atoms with E-state index in [0.717, 1.165) is 6.42 Å². The first-order chi connectivity index (χ1) is 18.4. The molecule has 10 nitrogen and oxygen atoms in total. The van der Waals surface area contributed by atoms with Gasteiger partial charge in [-0.15, -0.1) is 0 Å². The second-order valence-electron chi connectivity index (χ2n) is 9.04. The summed E-state index contributed by atoms with van der Waals surface area (Å²) in [5.74, 6) is -0.700. The number of halogens is 2. The monoisotopic (exact) mass is 537 g/mol. The Bertz CT molecular complexity index is 1400. The molecule has 3 aromatic rings. The van der Waals surface area contributed by atoms with E-state index in [-0.39, 0.29) is 34.5 Å². The number of hydrogen-bond acceptors (Lipinski definition) is 9. The van der Waals surface area contributed by atoms with Crippen molar-refractivity contribution in [2.45, 2.75) is 18.5 Å². The predicted octanol–water partition coefficient (Wildman–Crippen LogP) is 3.40. The number of benzene rings is 2. The summed E-state index contributed by atoms with van der Waals surface area (Å²) in [6, 6.07) is 12.2. The van der Waals surface area contributed by atoms with Gasteiger partial charge in [0.2, 0.25) is 5.95 Å². The second-order valence-corrected chi connectivity index (χ2v) is 9.45. The van der Waals surface area contributed by atoms with Gasteiger partial charge < -0.3 is 25.4 Å². The largest absolute Gasteiger partial charge is 0.495 e.